The molecule has 1 unspecified atom stereocenters. The van der Waals surface area contributed by atoms with E-state index in [2.05, 4.69) is 45.1 Å². The number of allylic oxidation sites excluding steroid dienone is 4. The zero-order valence-corrected chi connectivity index (χ0v) is 51.6. The SMILES string of the molecule is CCCCCCC/C=C\C/C=C\CCCCCCCCCCCCCCCCCCCC(=O)OCC(COC(=O)CCCCCCCCCCC)OC(=O)CCCCCCCCCCCCCCCCCCCCCC. The summed E-state index contributed by atoms with van der Waals surface area (Å²) in [6, 6.07) is 0. The maximum Gasteiger partial charge on any atom is 0.306 e. The molecule has 0 aromatic heterocycles. The minimum Gasteiger partial charge on any atom is -0.462 e. The lowest BCUT2D eigenvalue weighted by Crippen LogP contribution is -2.30. The average molecular weight is 1070 g/mol. The van der Waals surface area contributed by atoms with Crippen LogP contribution < -0.4 is 0 Å². The molecule has 0 aliphatic carbocycles. The van der Waals surface area contributed by atoms with Crippen LogP contribution >= 0.6 is 0 Å². The van der Waals surface area contributed by atoms with Crippen LogP contribution in [-0.2, 0) is 28.6 Å². The van der Waals surface area contributed by atoms with Crippen LogP contribution in [0.25, 0.3) is 0 Å². The molecule has 0 saturated heterocycles. The van der Waals surface area contributed by atoms with Gasteiger partial charge in [-0.2, -0.15) is 0 Å². The van der Waals surface area contributed by atoms with Crippen molar-refractivity contribution in [2.24, 2.45) is 0 Å². The molecule has 448 valence electrons. The van der Waals surface area contributed by atoms with Gasteiger partial charge in [0.1, 0.15) is 13.2 Å². The van der Waals surface area contributed by atoms with Crippen LogP contribution in [0.3, 0.4) is 0 Å². The van der Waals surface area contributed by atoms with Crippen molar-refractivity contribution in [1.29, 1.82) is 0 Å². The Morgan fingerprint density at radius 3 is 0.724 bits per heavy atom. The number of ether oxygens (including phenoxy) is 3. The molecule has 0 amide bonds. The standard InChI is InChI=1S/C70H132O6/c1-4-7-10-13-16-19-21-23-25-27-29-31-32-33-34-35-36-37-38-39-41-42-44-46-48-51-54-57-60-63-69(72)75-66-67(65-74-68(71)62-59-56-53-50-18-15-12-9-6-3)76-70(73)64-61-58-55-52-49-47-45-43-40-30-28-26-24-22-20-17-14-11-8-5-2/h21,23,27,29,67H,4-20,22,24-26,28,30-66H2,1-3H3/b23-21-,29-27-. The highest BCUT2D eigenvalue weighted by Gasteiger charge is 2.19. The van der Waals surface area contributed by atoms with Crippen LogP contribution in [0.2, 0.25) is 0 Å². The first-order chi connectivity index (χ1) is 37.5. The molecule has 0 N–H and O–H groups in total. The van der Waals surface area contributed by atoms with E-state index in [1.54, 1.807) is 0 Å². The molecular weight excluding hydrogens is 937 g/mol. The molecule has 0 aliphatic heterocycles. The average Bonchev–Trinajstić information content (AvgIpc) is 3.42. The normalized spacial score (nSPS) is 12.1. The summed E-state index contributed by atoms with van der Waals surface area (Å²) < 4.78 is 16.9. The lowest BCUT2D eigenvalue weighted by molar-refractivity contribution is -0.167. The molecule has 0 bridgehead atoms. The predicted octanol–water partition coefficient (Wildman–Crippen LogP) is 23.4. The Morgan fingerprint density at radius 1 is 0.263 bits per heavy atom. The van der Waals surface area contributed by atoms with Crippen LogP contribution in [0.4, 0.5) is 0 Å². The van der Waals surface area contributed by atoms with Crippen molar-refractivity contribution in [1.82, 2.24) is 0 Å². The quantitative estimate of drug-likeness (QED) is 0.0261. The molecule has 0 aliphatic rings. The number of rotatable bonds is 64. The number of esters is 3. The molecule has 0 heterocycles. The fourth-order valence-electron chi connectivity index (χ4n) is 10.5. The van der Waals surface area contributed by atoms with E-state index in [9.17, 15) is 14.4 Å². The Morgan fingerprint density at radius 2 is 0.474 bits per heavy atom. The van der Waals surface area contributed by atoms with Crippen LogP contribution in [-0.4, -0.2) is 37.2 Å². The minimum absolute atomic E-state index is 0.0640. The van der Waals surface area contributed by atoms with E-state index in [1.807, 2.05) is 0 Å². The number of carbonyl (C=O) groups excluding carboxylic acids is 3. The lowest BCUT2D eigenvalue weighted by atomic mass is 10.0. The van der Waals surface area contributed by atoms with Gasteiger partial charge in [-0.15, -0.1) is 0 Å². The minimum atomic E-state index is -0.765. The van der Waals surface area contributed by atoms with E-state index in [-0.39, 0.29) is 31.1 Å². The third-order valence-electron chi connectivity index (χ3n) is 15.7. The van der Waals surface area contributed by atoms with E-state index in [1.165, 1.54) is 283 Å². The van der Waals surface area contributed by atoms with Crippen LogP contribution in [0.5, 0.6) is 0 Å². The van der Waals surface area contributed by atoms with Gasteiger partial charge in [0.25, 0.3) is 0 Å². The van der Waals surface area contributed by atoms with Crippen molar-refractivity contribution in [3.8, 4) is 0 Å². The molecule has 0 spiro atoms. The van der Waals surface area contributed by atoms with Gasteiger partial charge in [-0.25, -0.2) is 0 Å². The zero-order valence-electron chi connectivity index (χ0n) is 51.6. The molecule has 1 atom stereocenters. The molecule has 0 saturated carbocycles. The highest BCUT2D eigenvalue weighted by Crippen LogP contribution is 2.18. The molecule has 76 heavy (non-hydrogen) atoms. The first-order valence-corrected chi connectivity index (χ1v) is 34.3. The van der Waals surface area contributed by atoms with Gasteiger partial charge in [-0.3, -0.25) is 14.4 Å². The topological polar surface area (TPSA) is 78.9 Å². The predicted molar refractivity (Wildman–Crippen MR) is 330 cm³/mol. The highest BCUT2D eigenvalue weighted by molar-refractivity contribution is 5.71. The monoisotopic (exact) mass is 1070 g/mol. The van der Waals surface area contributed by atoms with E-state index in [4.69, 9.17) is 14.2 Å². The van der Waals surface area contributed by atoms with Crippen molar-refractivity contribution in [2.45, 2.75) is 393 Å². The van der Waals surface area contributed by atoms with Gasteiger partial charge < -0.3 is 14.2 Å². The van der Waals surface area contributed by atoms with Crippen molar-refractivity contribution in [2.75, 3.05) is 13.2 Å². The van der Waals surface area contributed by atoms with Gasteiger partial charge in [-0.05, 0) is 51.4 Å². The Hall–Kier alpha value is -2.11. The summed E-state index contributed by atoms with van der Waals surface area (Å²) in [4.78, 5) is 38.2. The summed E-state index contributed by atoms with van der Waals surface area (Å²) in [5, 5.41) is 0. The van der Waals surface area contributed by atoms with E-state index in [0.717, 1.165) is 64.2 Å². The number of hydrogen-bond acceptors (Lipinski definition) is 6. The first kappa shape index (κ1) is 73.9. The van der Waals surface area contributed by atoms with Crippen molar-refractivity contribution >= 4 is 17.9 Å². The van der Waals surface area contributed by atoms with Crippen molar-refractivity contribution < 1.29 is 28.6 Å². The molecule has 0 radical (unpaired) electrons. The lowest BCUT2D eigenvalue weighted by Gasteiger charge is -2.18. The fraction of sp³-hybridized carbons (Fsp3) is 0.900. The second kappa shape index (κ2) is 65.4. The van der Waals surface area contributed by atoms with Crippen LogP contribution in [0.1, 0.15) is 387 Å². The Labute approximate surface area is 474 Å². The molecule has 0 rings (SSSR count). The molecule has 6 heteroatoms. The number of hydrogen-bond donors (Lipinski definition) is 0. The summed E-state index contributed by atoms with van der Waals surface area (Å²) in [5.74, 6) is -0.837. The zero-order chi connectivity index (χ0) is 55.0. The Balaban J connectivity index is 4.08. The van der Waals surface area contributed by atoms with Crippen LogP contribution in [0, 0.1) is 0 Å². The van der Waals surface area contributed by atoms with E-state index < -0.39 is 6.10 Å². The maximum atomic E-state index is 12.9. The smallest absolute Gasteiger partial charge is 0.306 e. The molecule has 0 fully saturated rings. The highest BCUT2D eigenvalue weighted by atomic mass is 16.6. The third kappa shape index (κ3) is 62.7. The van der Waals surface area contributed by atoms with Crippen molar-refractivity contribution in [3.63, 3.8) is 0 Å². The van der Waals surface area contributed by atoms with Crippen LogP contribution in [0.15, 0.2) is 24.3 Å². The summed E-state index contributed by atoms with van der Waals surface area (Å²) in [6.45, 7) is 6.68. The van der Waals surface area contributed by atoms with Gasteiger partial charge in [0.05, 0.1) is 0 Å². The van der Waals surface area contributed by atoms with Gasteiger partial charge in [0.2, 0.25) is 0 Å². The first-order valence-electron chi connectivity index (χ1n) is 34.3. The molecule has 6 nitrogen and oxygen atoms in total. The van der Waals surface area contributed by atoms with Gasteiger partial charge >= 0.3 is 17.9 Å². The maximum absolute atomic E-state index is 12.9. The second-order valence-electron chi connectivity index (χ2n) is 23.5. The summed E-state index contributed by atoms with van der Waals surface area (Å²) >= 11 is 0. The fourth-order valence-corrected chi connectivity index (χ4v) is 10.5. The van der Waals surface area contributed by atoms with Gasteiger partial charge in [0.15, 0.2) is 6.10 Å². The number of carbonyl (C=O) groups is 3. The van der Waals surface area contributed by atoms with E-state index in [0.29, 0.717) is 19.3 Å². The largest absolute Gasteiger partial charge is 0.462 e. The molecule has 0 aromatic rings. The van der Waals surface area contributed by atoms with E-state index >= 15 is 0 Å². The Kier molecular flexibility index (Phi) is 63.6. The summed E-state index contributed by atoms with van der Waals surface area (Å²) in [7, 11) is 0. The van der Waals surface area contributed by atoms with Crippen molar-refractivity contribution in [3.05, 3.63) is 24.3 Å². The van der Waals surface area contributed by atoms with Gasteiger partial charge in [-0.1, -0.05) is 340 Å². The molecule has 0 aromatic carbocycles. The summed E-state index contributed by atoms with van der Waals surface area (Å²) in [5.41, 5.74) is 0. The van der Waals surface area contributed by atoms with Gasteiger partial charge in [0, 0.05) is 19.3 Å². The second-order valence-corrected chi connectivity index (χ2v) is 23.5. The summed E-state index contributed by atoms with van der Waals surface area (Å²) in [6.07, 6.45) is 79.3. The molecular formula is C70H132O6. The Bertz CT molecular complexity index is 1230. The number of unbranched alkanes of at least 4 members (excludes halogenated alkanes) is 49. The third-order valence-corrected chi connectivity index (χ3v) is 15.7.